The topological polar surface area (TPSA) is 103 Å². The van der Waals surface area contributed by atoms with E-state index in [0.717, 1.165) is 12.0 Å². The molecule has 2 amide bonds. The summed E-state index contributed by atoms with van der Waals surface area (Å²) in [5.41, 5.74) is 0.0616. The molecule has 30 heavy (non-hydrogen) atoms. The molecular formula is C20H26N6O4. The molecule has 3 heterocycles. The zero-order chi connectivity index (χ0) is 21.3. The van der Waals surface area contributed by atoms with Gasteiger partial charge in [-0.05, 0) is 48.4 Å². The SMILES string of the molecule is COC(=O)C(C)(C)c1cccc(OC2CN(C(=O)N3CC[C@@H](n4cnnn4)C3)C2)c1. The Hall–Kier alpha value is -3.17. The lowest BCUT2D eigenvalue weighted by molar-refractivity contribution is -0.146. The van der Waals surface area contributed by atoms with E-state index in [4.69, 9.17) is 9.47 Å². The molecule has 2 fully saturated rings. The number of ether oxygens (including phenoxy) is 2. The van der Waals surface area contributed by atoms with Crippen LogP contribution in [-0.2, 0) is 14.9 Å². The number of tetrazole rings is 1. The number of carbonyl (C=O) groups excluding carboxylic acids is 2. The van der Waals surface area contributed by atoms with E-state index < -0.39 is 5.41 Å². The fraction of sp³-hybridized carbons (Fsp3) is 0.550. The summed E-state index contributed by atoms with van der Waals surface area (Å²) >= 11 is 0. The van der Waals surface area contributed by atoms with Crippen molar-refractivity contribution in [2.75, 3.05) is 33.3 Å². The highest BCUT2D eigenvalue weighted by atomic mass is 16.5. The first-order chi connectivity index (χ1) is 14.4. The maximum absolute atomic E-state index is 12.7. The molecule has 10 heteroatoms. The van der Waals surface area contributed by atoms with Gasteiger partial charge >= 0.3 is 12.0 Å². The largest absolute Gasteiger partial charge is 0.487 e. The first-order valence-corrected chi connectivity index (χ1v) is 10.0. The van der Waals surface area contributed by atoms with E-state index in [1.165, 1.54) is 7.11 Å². The Labute approximate surface area is 174 Å². The number of nitrogens with zero attached hydrogens (tertiary/aromatic N) is 6. The van der Waals surface area contributed by atoms with Crippen molar-refractivity contribution in [1.29, 1.82) is 0 Å². The van der Waals surface area contributed by atoms with Gasteiger partial charge in [0.15, 0.2) is 0 Å². The summed E-state index contributed by atoms with van der Waals surface area (Å²) in [5.74, 6) is 0.382. The summed E-state index contributed by atoms with van der Waals surface area (Å²) in [6.45, 7) is 6.01. The number of likely N-dealkylation sites (tertiary alicyclic amines) is 2. The van der Waals surface area contributed by atoms with Crippen molar-refractivity contribution >= 4 is 12.0 Å². The maximum atomic E-state index is 12.7. The van der Waals surface area contributed by atoms with Crippen molar-refractivity contribution in [2.24, 2.45) is 0 Å². The van der Waals surface area contributed by atoms with Gasteiger partial charge in [-0.2, -0.15) is 0 Å². The molecular weight excluding hydrogens is 388 g/mol. The van der Waals surface area contributed by atoms with Gasteiger partial charge in [0, 0.05) is 13.1 Å². The number of urea groups is 1. The average molecular weight is 414 g/mol. The van der Waals surface area contributed by atoms with E-state index in [1.807, 2.05) is 43.0 Å². The predicted octanol–water partition coefficient (Wildman–Crippen LogP) is 1.25. The van der Waals surface area contributed by atoms with Gasteiger partial charge in [0.1, 0.15) is 18.2 Å². The lowest BCUT2D eigenvalue weighted by Crippen LogP contribution is -2.59. The molecule has 2 aliphatic heterocycles. The van der Waals surface area contributed by atoms with E-state index >= 15 is 0 Å². The van der Waals surface area contributed by atoms with Crippen molar-refractivity contribution in [2.45, 2.75) is 37.8 Å². The maximum Gasteiger partial charge on any atom is 0.320 e. The molecule has 0 bridgehead atoms. The van der Waals surface area contributed by atoms with Crippen LogP contribution in [0.5, 0.6) is 5.75 Å². The number of esters is 1. The Morgan fingerprint density at radius 1 is 1.17 bits per heavy atom. The molecule has 0 spiro atoms. The standard InChI is InChI=1S/C20H26N6O4/c1-20(2,18(27)29-3)14-5-4-6-16(9-14)30-17-11-25(12-17)19(28)24-8-7-15(10-24)26-13-21-22-23-26/h4-6,9,13,15,17H,7-8,10-12H2,1-3H3/t15-/m1/s1. The lowest BCUT2D eigenvalue weighted by Gasteiger charge is -2.40. The van der Waals surface area contributed by atoms with E-state index in [1.54, 1.807) is 15.9 Å². The molecule has 4 rings (SSSR count). The summed E-state index contributed by atoms with van der Waals surface area (Å²) < 4.78 is 12.6. The molecule has 1 aromatic carbocycles. The molecule has 0 radical (unpaired) electrons. The molecule has 0 N–H and O–H groups in total. The van der Waals surface area contributed by atoms with Crippen LogP contribution in [0.3, 0.4) is 0 Å². The predicted molar refractivity (Wildman–Crippen MR) is 106 cm³/mol. The monoisotopic (exact) mass is 414 g/mol. The second kappa shape index (κ2) is 7.92. The average Bonchev–Trinajstić information content (AvgIpc) is 3.41. The van der Waals surface area contributed by atoms with Crippen LogP contribution in [0.4, 0.5) is 4.79 Å². The number of aromatic nitrogens is 4. The number of hydrogen-bond donors (Lipinski definition) is 0. The molecule has 2 aliphatic rings. The van der Waals surface area contributed by atoms with E-state index in [0.29, 0.717) is 31.9 Å². The van der Waals surface area contributed by atoms with Crippen LogP contribution in [0.25, 0.3) is 0 Å². The minimum atomic E-state index is -0.762. The van der Waals surface area contributed by atoms with Gasteiger partial charge in [-0.25, -0.2) is 9.48 Å². The minimum absolute atomic E-state index is 0.0194. The molecule has 1 aromatic heterocycles. The molecule has 0 unspecified atom stereocenters. The van der Waals surface area contributed by atoms with Crippen LogP contribution in [0, 0.1) is 0 Å². The number of hydrogen-bond acceptors (Lipinski definition) is 7. The quantitative estimate of drug-likeness (QED) is 0.679. The highest BCUT2D eigenvalue weighted by molar-refractivity contribution is 5.82. The van der Waals surface area contributed by atoms with Crippen molar-refractivity contribution < 1.29 is 19.1 Å². The van der Waals surface area contributed by atoms with Gasteiger partial charge in [-0.15, -0.1) is 5.10 Å². The zero-order valence-corrected chi connectivity index (χ0v) is 17.4. The van der Waals surface area contributed by atoms with E-state index in [-0.39, 0.29) is 24.1 Å². The third kappa shape index (κ3) is 3.81. The van der Waals surface area contributed by atoms with Crippen LogP contribution in [0.2, 0.25) is 0 Å². The molecule has 1 atom stereocenters. The second-order valence-corrected chi connectivity index (χ2v) is 8.25. The smallest absolute Gasteiger partial charge is 0.320 e. The molecule has 2 saturated heterocycles. The highest BCUT2D eigenvalue weighted by Gasteiger charge is 2.38. The Morgan fingerprint density at radius 2 is 1.97 bits per heavy atom. The van der Waals surface area contributed by atoms with E-state index in [2.05, 4.69) is 15.5 Å². The number of rotatable bonds is 5. The number of methoxy groups -OCH3 is 1. The van der Waals surface area contributed by atoms with Crippen molar-refractivity contribution in [3.8, 4) is 5.75 Å². The fourth-order valence-electron chi connectivity index (χ4n) is 3.86. The second-order valence-electron chi connectivity index (χ2n) is 8.25. The minimum Gasteiger partial charge on any atom is -0.487 e. The van der Waals surface area contributed by atoms with Crippen LogP contribution in [0.1, 0.15) is 31.9 Å². The number of amides is 2. The van der Waals surface area contributed by atoms with Crippen LogP contribution in [0.15, 0.2) is 30.6 Å². The third-order valence-corrected chi connectivity index (χ3v) is 5.85. The fourth-order valence-corrected chi connectivity index (χ4v) is 3.86. The Morgan fingerprint density at radius 3 is 2.67 bits per heavy atom. The molecule has 2 aromatic rings. The van der Waals surface area contributed by atoms with Crippen LogP contribution < -0.4 is 4.74 Å². The van der Waals surface area contributed by atoms with Gasteiger partial charge in [0.25, 0.3) is 0 Å². The molecule has 0 saturated carbocycles. The summed E-state index contributed by atoms with van der Waals surface area (Å²) in [7, 11) is 1.38. The van der Waals surface area contributed by atoms with Gasteiger partial charge in [-0.1, -0.05) is 12.1 Å². The molecule has 10 nitrogen and oxygen atoms in total. The van der Waals surface area contributed by atoms with Crippen molar-refractivity contribution in [1.82, 2.24) is 30.0 Å². The van der Waals surface area contributed by atoms with Crippen molar-refractivity contribution in [3.05, 3.63) is 36.2 Å². The van der Waals surface area contributed by atoms with Gasteiger partial charge < -0.3 is 19.3 Å². The van der Waals surface area contributed by atoms with Gasteiger partial charge in [0.05, 0.1) is 31.7 Å². The summed E-state index contributed by atoms with van der Waals surface area (Å²) in [5, 5.41) is 11.2. The highest BCUT2D eigenvalue weighted by Crippen LogP contribution is 2.29. The third-order valence-electron chi connectivity index (χ3n) is 5.85. The molecule has 160 valence electrons. The van der Waals surface area contributed by atoms with Crippen molar-refractivity contribution in [3.63, 3.8) is 0 Å². The zero-order valence-electron chi connectivity index (χ0n) is 17.4. The Bertz CT molecular complexity index is 910. The molecule has 0 aliphatic carbocycles. The normalized spacial score (nSPS) is 19.5. The van der Waals surface area contributed by atoms with E-state index in [9.17, 15) is 9.59 Å². The summed E-state index contributed by atoms with van der Waals surface area (Å²) in [4.78, 5) is 28.4. The summed E-state index contributed by atoms with van der Waals surface area (Å²) in [6.07, 6.45) is 2.36. The Kier molecular flexibility index (Phi) is 5.31. The first kappa shape index (κ1) is 20.1. The Balaban J connectivity index is 1.30. The van der Waals surface area contributed by atoms with Crippen LogP contribution in [-0.4, -0.2) is 81.4 Å². The number of benzene rings is 1. The van der Waals surface area contributed by atoms with Crippen LogP contribution >= 0.6 is 0 Å². The lowest BCUT2D eigenvalue weighted by atomic mass is 9.84. The number of carbonyl (C=O) groups is 2. The van der Waals surface area contributed by atoms with Gasteiger partial charge in [0.2, 0.25) is 0 Å². The van der Waals surface area contributed by atoms with Gasteiger partial charge in [-0.3, -0.25) is 4.79 Å². The first-order valence-electron chi connectivity index (χ1n) is 10.0. The summed E-state index contributed by atoms with van der Waals surface area (Å²) in [6, 6.07) is 7.61.